The van der Waals surface area contributed by atoms with Gasteiger partial charge in [-0.1, -0.05) is 0 Å². The zero-order valence-electron chi connectivity index (χ0n) is 10.3. The average molecular weight is 331 g/mol. The van der Waals surface area contributed by atoms with E-state index in [1.807, 2.05) is 0 Å². The van der Waals surface area contributed by atoms with Gasteiger partial charge in [-0.2, -0.15) is 0 Å². The van der Waals surface area contributed by atoms with Crippen LogP contribution in [-0.4, -0.2) is 48.8 Å². The van der Waals surface area contributed by atoms with Crippen LogP contribution in [0.3, 0.4) is 0 Å². The van der Waals surface area contributed by atoms with E-state index in [1.54, 1.807) is 0 Å². The summed E-state index contributed by atoms with van der Waals surface area (Å²) in [5.74, 6) is -0.596. The molecule has 0 aromatic rings. The Bertz CT molecular complexity index is 506. The summed E-state index contributed by atoms with van der Waals surface area (Å²) in [5.41, 5.74) is 0. The molecule has 3 atom stereocenters. The number of hydrogen-bond donors (Lipinski definition) is 6. The van der Waals surface area contributed by atoms with Gasteiger partial charge in [0, 0.05) is 18.7 Å². The third kappa shape index (κ3) is 5.08. The molecule has 0 spiro atoms. The lowest BCUT2D eigenvalue weighted by Gasteiger charge is -2.34. The minimum absolute atomic E-state index is 0.509. The number of nitrogens with one attached hydrogen (secondary N) is 1. The SMILES string of the molecule is CC(=O)N[C@H]1[C@H](O)C=C(P(=O)(O)O)C[C@@H]1OP(=O)(O)O. The molecule has 1 rings (SSSR count). The molecule has 0 bridgehead atoms. The van der Waals surface area contributed by atoms with E-state index in [2.05, 4.69) is 9.84 Å². The standard InChI is InChI=1S/C8H15NO9P2/c1-4(10)9-8-6(11)2-5(19(12,13)14)3-7(8)18-20(15,16)17/h2,6-8,11H,3H2,1H3,(H,9,10)(H2,12,13,14)(H2,15,16,17)/t6-,7+,8+/m1/s1. The zero-order chi connectivity index (χ0) is 15.7. The van der Waals surface area contributed by atoms with Gasteiger partial charge in [0.1, 0.15) is 0 Å². The van der Waals surface area contributed by atoms with Crippen LogP contribution < -0.4 is 5.32 Å². The lowest BCUT2D eigenvalue weighted by atomic mass is 9.95. The lowest BCUT2D eigenvalue weighted by molar-refractivity contribution is -0.121. The van der Waals surface area contributed by atoms with Crippen LogP contribution >= 0.6 is 15.4 Å². The van der Waals surface area contributed by atoms with Crippen molar-refractivity contribution in [3.8, 4) is 0 Å². The van der Waals surface area contributed by atoms with Crippen LogP contribution in [0.5, 0.6) is 0 Å². The molecule has 12 heteroatoms. The number of hydrogen-bond acceptors (Lipinski definition) is 5. The molecule has 10 nitrogen and oxygen atoms in total. The summed E-state index contributed by atoms with van der Waals surface area (Å²) in [6.07, 6.45) is -2.70. The van der Waals surface area contributed by atoms with Crippen LogP contribution in [0.4, 0.5) is 0 Å². The molecule has 0 aromatic carbocycles. The maximum absolute atomic E-state index is 11.1. The van der Waals surface area contributed by atoms with Gasteiger partial charge in [0.25, 0.3) is 0 Å². The summed E-state index contributed by atoms with van der Waals surface area (Å²) in [6.45, 7) is 1.11. The number of aliphatic hydroxyl groups is 1. The second-order valence-electron chi connectivity index (χ2n) is 4.26. The second kappa shape index (κ2) is 6.05. The first kappa shape index (κ1) is 17.5. The highest BCUT2D eigenvalue weighted by atomic mass is 31.2. The van der Waals surface area contributed by atoms with Crippen molar-refractivity contribution >= 4 is 21.3 Å². The Balaban J connectivity index is 3.08. The first-order valence-electron chi connectivity index (χ1n) is 5.36. The predicted molar refractivity (Wildman–Crippen MR) is 65.3 cm³/mol. The number of aliphatic hydroxyl groups excluding tert-OH is 1. The first-order chi connectivity index (χ1) is 8.90. The van der Waals surface area contributed by atoms with Crippen molar-refractivity contribution in [1.29, 1.82) is 0 Å². The maximum Gasteiger partial charge on any atom is 0.469 e. The third-order valence-corrected chi connectivity index (χ3v) is 4.18. The molecule has 116 valence electrons. The zero-order valence-corrected chi connectivity index (χ0v) is 12.1. The average Bonchev–Trinajstić information content (AvgIpc) is 2.18. The highest BCUT2D eigenvalue weighted by molar-refractivity contribution is 7.56. The Morgan fingerprint density at radius 2 is 1.90 bits per heavy atom. The summed E-state index contributed by atoms with van der Waals surface area (Å²) in [5, 5.41) is 11.5. The smallest absolute Gasteiger partial charge is 0.387 e. The molecule has 0 saturated carbocycles. The van der Waals surface area contributed by atoms with Gasteiger partial charge in [0.05, 0.1) is 18.2 Å². The van der Waals surface area contributed by atoms with Gasteiger partial charge < -0.3 is 30.0 Å². The Labute approximate surface area is 113 Å². The molecule has 20 heavy (non-hydrogen) atoms. The molecule has 6 N–H and O–H groups in total. The Hall–Kier alpha value is -0.570. The highest BCUT2D eigenvalue weighted by Crippen LogP contribution is 2.51. The number of rotatable bonds is 4. The van der Waals surface area contributed by atoms with E-state index >= 15 is 0 Å². The van der Waals surface area contributed by atoms with Gasteiger partial charge >= 0.3 is 15.4 Å². The maximum atomic E-state index is 11.1. The molecule has 1 aliphatic rings. The minimum Gasteiger partial charge on any atom is -0.387 e. The highest BCUT2D eigenvalue weighted by Gasteiger charge is 2.41. The minimum atomic E-state index is -4.96. The van der Waals surface area contributed by atoms with Gasteiger partial charge in [-0.3, -0.25) is 13.9 Å². The van der Waals surface area contributed by atoms with Gasteiger partial charge in [0.15, 0.2) is 0 Å². The summed E-state index contributed by atoms with van der Waals surface area (Å²) in [6, 6.07) is -1.23. The van der Waals surface area contributed by atoms with E-state index in [0.717, 1.165) is 13.0 Å². The van der Waals surface area contributed by atoms with Crippen LogP contribution in [0, 0.1) is 0 Å². The quantitative estimate of drug-likeness (QED) is 0.346. The van der Waals surface area contributed by atoms with Gasteiger partial charge in [0.2, 0.25) is 5.91 Å². The normalized spacial score (nSPS) is 27.9. The fourth-order valence-corrected chi connectivity index (χ4v) is 3.15. The monoisotopic (exact) mass is 331 g/mol. The largest absolute Gasteiger partial charge is 0.469 e. The summed E-state index contributed by atoms with van der Waals surface area (Å²) in [4.78, 5) is 46.6. The van der Waals surface area contributed by atoms with Crippen LogP contribution in [0.2, 0.25) is 0 Å². The molecule has 0 heterocycles. The molecule has 1 aliphatic carbocycles. The number of carbonyl (C=O) groups is 1. The molecule has 1 amide bonds. The van der Waals surface area contributed by atoms with E-state index in [9.17, 15) is 19.0 Å². The van der Waals surface area contributed by atoms with E-state index < -0.39 is 51.3 Å². The summed E-state index contributed by atoms with van der Waals surface area (Å²) in [7, 11) is -9.65. The van der Waals surface area contributed by atoms with E-state index in [0.29, 0.717) is 0 Å². The number of amides is 1. The molecule has 0 radical (unpaired) electrons. The number of carbonyl (C=O) groups excluding carboxylic acids is 1. The first-order valence-corrected chi connectivity index (χ1v) is 8.50. The second-order valence-corrected chi connectivity index (χ2v) is 7.11. The predicted octanol–water partition coefficient (Wildman–Crippen LogP) is -1.20. The Morgan fingerprint density at radius 3 is 2.30 bits per heavy atom. The van der Waals surface area contributed by atoms with Crippen LogP contribution in [0.25, 0.3) is 0 Å². The van der Waals surface area contributed by atoms with Crippen LogP contribution in [0.15, 0.2) is 11.4 Å². The molecular weight excluding hydrogens is 316 g/mol. The van der Waals surface area contributed by atoms with Crippen molar-refractivity contribution in [3.05, 3.63) is 11.4 Å². The molecule has 0 fully saturated rings. The third-order valence-electron chi connectivity index (χ3n) is 2.56. The van der Waals surface area contributed by atoms with E-state index in [-0.39, 0.29) is 0 Å². The van der Waals surface area contributed by atoms with Gasteiger partial charge in [-0.05, 0) is 6.08 Å². The summed E-state index contributed by atoms with van der Waals surface area (Å²) >= 11 is 0. The molecule has 0 unspecified atom stereocenters. The fourth-order valence-electron chi connectivity index (χ4n) is 1.83. The van der Waals surface area contributed by atoms with Crippen molar-refractivity contribution in [2.45, 2.75) is 31.6 Å². The van der Waals surface area contributed by atoms with Gasteiger partial charge in [-0.15, -0.1) is 0 Å². The number of phosphoric acid groups is 1. The molecule has 0 aromatic heterocycles. The fraction of sp³-hybridized carbons (Fsp3) is 0.625. The lowest BCUT2D eigenvalue weighted by Crippen LogP contribution is -2.52. The van der Waals surface area contributed by atoms with Crippen molar-refractivity contribution in [3.63, 3.8) is 0 Å². The van der Waals surface area contributed by atoms with Crippen molar-refractivity contribution in [2.75, 3.05) is 0 Å². The molecular formula is C8H15NO9P2. The van der Waals surface area contributed by atoms with Crippen LogP contribution in [0.1, 0.15) is 13.3 Å². The van der Waals surface area contributed by atoms with E-state index in [4.69, 9.17) is 19.6 Å². The molecule has 0 aliphatic heterocycles. The Kier molecular flexibility index (Phi) is 5.29. The number of phosphoric ester groups is 1. The van der Waals surface area contributed by atoms with Crippen LogP contribution in [-0.2, 0) is 18.4 Å². The van der Waals surface area contributed by atoms with Crippen molar-refractivity contribution in [2.24, 2.45) is 0 Å². The summed E-state index contributed by atoms with van der Waals surface area (Å²) < 4.78 is 26.4. The topological polar surface area (TPSA) is 174 Å². The van der Waals surface area contributed by atoms with Crippen molar-refractivity contribution in [1.82, 2.24) is 5.32 Å². The van der Waals surface area contributed by atoms with E-state index in [1.165, 1.54) is 0 Å². The van der Waals surface area contributed by atoms with Crippen molar-refractivity contribution < 1.29 is 43.1 Å². The molecule has 0 saturated heterocycles. The van der Waals surface area contributed by atoms with Gasteiger partial charge in [-0.25, -0.2) is 4.57 Å². The Morgan fingerprint density at radius 1 is 1.35 bits per heavy atom.